The summed E-state index contributed by atoms with van der Waals surface area (Å²) in [4.78, 5) is 4.68. The highest BCUT2D eigenvalue weighted by molar-refractivity contribution is 6.60. The average Bonchev–Trinajstić information content (AvgIpc) is 2.94. The Balaban J connectivity index is 1.71. The molecule has 2 aliphatic rings. The maximum absolute atomic E-state index is 6.03. The fraction of sp³-hybridized carbons (Fsp3) is 0.733. The standard InChI is InChI=1S/C15H25BN2O3/c1-14(2)15(3,4)21-16(20-14)13-10-12(11-19-13)18-8-6-17(5)7-9-18/h10-11H,6-9H2,1-5H3. The quantitative estimate of drug-likeness (QED) is 0.769. The third kappa shape index (κ3) is 2.72. The van der Waals surface area contributed by atoms with Crippen LogP contribution in [-0.2, 0) is 9.31 Å². The fourth-order valence-electron chi connectivity index (χ4n) is 2.66. The Kier molecular flexibility index (Phi) is 3.58. The lowest BCUT2D eigenvalue weighted by atomic mass is 9.86. The van der Waals surface area contributed by atoms with Crippen molar-refractivity contribution in [3.8, 4) is 0 Å². The molecule has 2 fully saturated rings. The SMILES string of the molecule is CN1CCN(c2coc(B3OC(C)(C)C(C)(C)O3)c2)CC1. The van der Waals surface area contributed by atoms with E-state index >= 15 is 0 Å². The van der Waals surface area contributed by atoms with Gasteiger partial charge in [0.05, 0.1) is 16.9 Å². The minimum absolute atomic E-state index is 0.335. The first kappa shape index (κ1) is 14.9. The van der Waals surface area contributed by atoms with E-state index in [9.17, 15) is 0 Å². The van der Waals surface area contributed by atoms with Crippen molar-refractivity contribution in [2.24, 2.45) is 0 Å². The maximum atomic E-state index is 6.03. The van der Waals surface area contributed by atoms with Gasteiger partial charge in [-0.05, 0) is 40.8 Å². The predicted octanol–water partition coefficient (Wildman–Crippen LogP) is 1.33. The van der Waals surface area contributed by atoms with Gasteiger partial charge in [-0.25, -0.2) is 0 Å². The smallest absolute Gasteiger partial charge is 0.471 e. The largest absolute Gasteiger partial charge is 0.532 e. The Morgan fingerprint density at radius 2 is 1.57 bits per heavy atom. The van der Waals surface area contributed by atoms with E-state index in [-0.39, 0.29) is 11.2 Å². The molecule has 0 atom stereocenters. The van der Waals surface area contributed by atoms with Gasteiger partial charge >= 0.3 is 7.12 Å². The summed E-state index contributed by atoms with van der Waals surface area (Å²) in [6.07, 6.45) is 1.81. The van der Waals surface area contributed by atoms with Crippen LogP contribution in [0.3, 0.4) is 0 Å². The van der Waals surface area contributed by atoms with E-state index < -0.39 is 7.12 Å². The lowest BCUT2D eigenvalue weighted by Gasteiger charge is -2.32. The minimum atomic E-state index is -0.420. The number of piperazine rings is 1. The summed E-state index contributed by atoms with van der Waals surface area (Å²) < 4.78 is 17.8. The van der Waals surface area contributed by atoms with Gasteiger partial charge in [0.2, 0.25) is 0 Å². The van der Waals surface area contributed by atoms with Gasteiger partial charge in [0.1, 0.15) is 11.9 Å². The molecule has 1 aromatic heterocycles. The number of nitrogens with zero attached hydrogens (tertiary/aromatic N) is 2. The van der Waals surface area contributed by atoms with Crippen LogP contribution in [-0.4, -0.2) is 56.4 Å². The van der Waals surface area contributed by atoms with Crippen molar-refractivity contribution in [1.29, 1.82) is 0 Å². The fourth-order valence-corrected chi connectivity index (χ4v) is 2.66. The van der Waals surface area contributed by atoms with Crippen LogP contribution in [0.1, 0.15) is 27.7 Å². The number of hydrogen-bond acceptors (Lipinski definition) is 5. The van der Waals surface area contributed by atoms with Crippen LogP contribution in [0.2, 0.25) is 0 Å². The van der Waals surface area contributed by atoms with E-state index in [1.165, 1.54) is 0 Å². The first-order valence-electron chi connectivity index (χ1n) is 7.66. The molecule has 0 unspecified atom stereocenters. The molecule has 0 N–H and O–H groups in total. The van der Waals surface area contributed by atoms with Gasteiger partial charge in [0.15, 0.2) is 0 Å². The van der Waals surface area contributed by atoms with E-state index in [1.54, 1.807) is 0 Å². The highest BCUT2D eigenvalue weighted by Gasteiger charge is 2.53. The highest BCUT2D eigenvalue weighted by Crippen LogP contribution is 2.36. The molecule has 21 heavy (non-hydrogen) atoms. The Labute approximate surface area is 127 Å². The van der Waals surface area contributed by atoms with Gasteiger partial charge in [-0.2, -0.15) is 0 Å². The molecule has 2 aliphatic heterocycles. The summed E-state index contributed by atoms with van der Waals surface area (Å²) >= 11 is 0. The molecule has 0 amide bonds. The summed E-state index contributed by atoms with van der Waals surface area (Å²) in [5, 5.41) is 0. The zero-order chi connectivity index (χ0) is 15.3. The molecule has 5 nitrogen and oxygen atoms in total. The second kappa shape index (κ2) is 5.04. The van der Waals surface area contributed by atoms with Crippen LogP contribution in [0, 0.1) is 0 Å². The third-order valence-electron chi connectivity index (χ3n) is 4.96. The summed E-state index contributed by atoms with van der Waals surface area (Å²) in [6, 6.07) is 2.05. The number of anilines is 1. The van der Waals surface area contributed by atoms with Crippen molar-refractivity contribution < 1.29 is 13.7 Å². The van der Waals surface area contributed by atoms with Crippen molar-refractivity contribution in [1.82, 2.24) is 4.90 Å². The monoisotopic (exact) mass is 292 g/mol. The Morgan fingerprint density at radius 1 is 1.00 bits per heavy atom. The van der Waals surface area contributed by atoms with Gasteiger partial charge in [-0.1, -0.05) is 0 Å². The summed E-state index contributed by atoms with van der Waals surface area (Å²) in [5.74, 6) is 0. The lowest BCUT2D eigenvalue weighted by molar-refractivity contribution is 0.00578. The molecule has 0 radical (unpaired) electrons. The minimum Gasteiger partial charge on any atom is -0.471 e. The van der Waals surface area contributed by atoms with Crippen LogP contribution in [0.5, 0.6) is 0 Å². The molecule has 116 valence electrons. The zero-order valence-electron chi connectivity index (χ0n) is 13.7. The van der Waals surface area contributed by atoms with Crippen LogP contribution in [0.4, 0.5) is 5.69 Å². The van der Waals surface area contributed by atoms with Crippen LogP contribution in [0.15, 0.2) is 16.7 Å². The highest BCUT2D eigenvalue weighted by atomic mass is 16.7. The molecule has 0 aliphatic carbocycles. The number of likely N-dealkylation sites (N-methyl/N-ethyl adjacent to an activating group) is 1. The molecule has 6 heteroatoms. The van der Waals surface area contributed by atoms with E-state index in [4.69, 9.17) is 13.7 Å². The van der Waals surface area contributed by atoms with E-state index in [0.717, 1.165) is 37.5 Å². The Hall–Kier alpha value is -0.975. The Bertz CT molecular complexity index is 491. The summed E-state index contributed by atoms with van der Waals surface area (Å²) in [6.45, 7) is 12.4. The molecule has 3 rings (SSSR count). The maximum Gasteiger partial charge on any atom is 0.532 e. The molecule has 3 heterocycles. The number of hydrogen-bond donors (Lipinski definition) is 0. The first-order valence-corrected chi connectivity index (χ1v) is 7.66. The van der Waals surface area contributed by atoms with Crippen molar-refractivity contribution in [2.45, 2.75) is 38.9 Å². The predicted molar refractivity (Wildman–Crippen MR) is 84.1 cm³/mol. The topological polar surface area (TPSA) is 38.1 Å². The molecular weight excluding hydrogens is 267 g/mol. The molecule has 1 aromatic rings. The molecule has 0 bridgehead atoms. The van der Waals surface area contributed by atoms with Crippen molar-refractivity contribution >= 4 is 18.5 Å². The molecule has 0 saturated carbocycles. The van der Waals surface area contributed by atoms with Gasteiger partial charge in [-0.3, -0.25) is 0 Å². The van der Waals surface area contributed by atoms with E-state index in [2.05, 4.69) is 44.5 Å². The normalized spacial score (nSPS) is 25.6. The second-order valence-electron chi connectivity index (χ2n) is 7.09. The van der Waals surface area contributed by atoms with Gasteiger partial charge in [0, 0.05) is 26.2 Å². The lowest BCUT2D eigenvalue weighted by Crippen LogP contribution is -2.44. The van der Waals surface area contributed by atoms with Gasteiger partial charge < -0.3 is 23.5 Å². The zero-order valence-corrected chi connectivity index (χ0v) is 13.7. The average molecular weight is 292 g/mol. The van der Waals surface area contributed by atoms with E-state index in [0.29, 0.717) is 0 Å². The van der Waals surface area contributed by atoms with Crippen molar-refractivity contribution in [3.05, 3.63) is 12.3 Å². The molecule has 0 aromatic carbocycles. The van der Waals surface area contributed by atoms with Gasteiger partial charge in [-0.15, -0.1) is 0 Å². The number of furan rings is 1. The molecular formula is C15H25BN2O3. The van der Waals surface area contributed by atoms with Crippen LogP contribution >= 0.6 is 0 Å². The van der Waals surface area contributed by atoms with Crippen LogP contribution < -0.4 is 10.6 Å². The summed E-state index contributed by atoms with van der Waals surface area (Å²) in [7, 11) is 1.74. The first-order chi connectivity index (χ1) is 9.78. The van der Waals surface area contributed by atoms with Crippen molar-refractivity contribution in [2.75, 3.05) is 38.1 Å². The third-order valence-corrected chi connectivity index (χ3v) is 4.96. The van der Waals surface area contributed by atoms with Crippen molar-refractivity contribution in [3.63, 3.8) is 0 Å². The second-order valence-corrected chi connectivity index (χ2v) is 7.09. The summed E-state index contributed by atoms with van der Waals surface area (Å²) in [5.41, 5.74) is 1.20. The van der Waals surface area contributed by atoms with Gasteiger partial charge in [0.25, 0.3) is 0 Å². The Morgan fingerprint density at radius 3 is 2.14 bits per heavy atom. The molecule has 0 spiro atoms. The van der Waals surface area contributed by atoms with Crippen LogP contribution in [0.25, 0.3) is 0 Å². The number of rotatable bonds is 2. The molecule has 2 saturated heterocycles. The van der Waals surface area contributed by atoms with E-state index in [1.807, 2.05) is 12.3 Å².